The van der Waals surface area contributed by atoms with Gasteiger partial charge in [0.05, 0.1) is 12.7 Å². The van der Waals surface area contributed by atoms with Gasteiger partial charge in [-0.15, -0.1) is 0 Å². The molecular formula is C24H38O3SSi. The number of thiophene rings is 1. The molecule has 0 aliphatic heterocycles. The highest BCUT2D eigenvalue weighted by molar-refractivity contribution is 7.07. The first kappa shape index (κ1) is 24.1. The summed E-state index contributed by atoms with van der Waals surface area (Å²) in [4.78, 5) is 0. The van der Waals surface area contributed by atoms with Gasteiger partial charge in [-0.25, -0.2) is 0 Å². The van der Waals surface area contributed by atoms with E-state index in [0.29, 0.717) is 13.2 Å². The van der Waals surface area contributed by atoms with Crippen molar-refractivity contribution < 1.29 is 13.9 Å². The average molecular weight is 435 g/mol. The van der Waals surface area contributed by atoms with Crippen LogP contribution in [0.3, 0.4) is 0 Å². The Labute approximate surface area is 183 Å². The summed E-state index contributed by atoms with van der Waals surface area (Å²) in [6.07, 6.45) is 1.91. The normalized spacial score (nSPS) is 13.7. The van der Waals surface area contributed by atoms with Gasteiger partial charge in [-0.05, 0) is 71.4 Å². The predicted molar refractivity (Wildman–Crippen MR) is 127 cm³/mol. The molecule has 0 N–H and O–H groups in total. The van der Waals surface area contributed by atoms with Crippen LogP contribution in [0.5, 0.6) is 5.75 Å². The summed E-state index contributed by atoms with van der Waals surface area (Å²) in [5.74, 6) is 0.885. The Morgan fingerprint density at radius 2 is 1.79 bits per heavy atom. The van der Waals surface area contributed by atoms with Gasteiger partial charge in [0, 0.05) is 0 Å². The Balaban J connectivity index is 2.10. The predicted octanol–water partition coefficient (Wildman–Crippen LogP) is 6.99. The summed E-state index contributed by atoms with van der Waals surface area (Å²) >= 11 is 1.71. The topological polar surface area (TPSA) is 27.7 Å². The summed E-state index contributed by atoms with van der Waals surface area (Å²) < 4.78 is 19.0. The fraction of sp³-hybridized carbons (Fsp3) is 0.583. The van der Waals surface area contributed by atoms with Crippen molar-refractivity contribution in [2.75, 3.05) is 6.61 Å². The van der Waals surface area contributed by atoms with E-state index in [2.05, 4.69) is 82.7 Å². The Morgan fingerprint density at radius 1 is 1.07 bits per heavy atom. The van der Waals surface area contributed by atoms with E-state index in [0.717, 1.165) is 18.6 Å². The zero-order valence-corrected chi connectivity index (χ0v) is 21.1. The van der Waals surface area contributed by atoms with E-state index in [9.17, 15) is 0 Å². The van der Waals surface area contributed by atoms with Crippen LogP contribution in [0.1, 0.15) is 64.7 Å². The lowest BCUT2D eigenvalue weighted by atomic mass is 9.85. The van der Waals surface area contributed by atoms with Crippen molar-refractivity contribution in [1.29, 1.82) is 0 Å². The second kappa shape index (κ2) is 10.8. The van der Waals surface area contributed by atoms with Crippen molar-refractivity contribution in [3.8, 4) is 5.75 Å². The van der Waals surface area contributed by atoms with Gasteiger partial charge in [0.25, 0.3) is 0 Å². The molecule has 162 valence electrons. The van der Waals surface area contributed by atoms with E-state index in [-0.39, 0.29) is 17.1 Å². The third kappa shape index (κ3) is 7.25. The van der Waals surface area contributed by atoms with Gasteiger partial charge >= 0.3 is 0 Å². The molecule has 2 rings (SSSR count). The van der Waals surface area contributed by atoms with Crippen molar-refractivity contribution >= 4 is 20.4 Å². The second-order valence-corrected chi connectivity index (χ2v) is 12.3. The molecule has 0 bridgehead atoms. The quantitative estimate of drug-likeness (QED) is 0.357. The van der Waals surface area contributed by atoms with Crippen molar-refractivity contribution in [2.24, 2.45) is 5.41 Å². The number of rotatable bonds is 11. The van der Waals surface area contributed by atoms with Crippen molar-refractivity contribution in [3.63, 3.8) is 0 Å². The third-order valence-corrected chi connectivity index (χ3v) is 6.82. The molecule has 0 aliphatic rings. The van der Waals surface area contributed by atoms with Gasteiger partial charge in [0.2, 0.25) is 0 Å². The lowest BCUT2D eigenvalue weighted by molar-refractivity contribution is -0.0877. The molecule has 0 amide bonds. The van der Waals surface area contributed by atoms with Crippen LogP contribution in [0.15, 0.2) is 41.1 Å². The minimum atomic E-state index is -1.16. The van der Waals surface area contributed by atoms with E-state index in [1.54, 1.807) is 11.3 Å². The molecule has 1 aromatic carbocycles. The molecule has 0 saturated carbocycles. The third-order valence-electron chi connectivity index (χ3n) is 5.27. The average Bonchev–Trinajstić information content (AvgIpc) is 3.20. The zero-order valence-electron chi connectivity index (χ0n) is 19.2. The van der Waals surface area contributed by atoms with Crippen LogP contribution in [0.2, 0.25) is 13.1 Å². The summed E-state index contributed by atoms with van der Waals surface area (Å²) in [6, 6.07) is 10.5. The SMILES string of the molecule is CCC(CC)(COc1cccc(C(O[SiH](C)C)C(C)(C)C)c1)OCc1ccsc1. The van der Waals surface area contributed by atoms with E-state index < -0.39 is 9.04 Å². The molecule has 5 heteroatoms. The lowest BCUT2D eigenvalue weighted by Crippen LogP contribution is -2.38. The van der Waals surface area contributed by atoms with E-state index >= 15 is 0 Å². The second-order valence-electron chi connectivity index (χ2n) is 9.10. The smallest absolute Gasteiger partial charge is 0.171 e. The Hall–Kier alpha value is -1.14. The maximum Gasteiger partial charge on any atom is 0.171 e. The molecule has 1 unspecified atom stereocenters. The van der Waals surface area contributed by atoms with Crippen LogP contribution < -0.4 is 4.74 Å². The number of benzene rings is 1. The van der Waals surface area contributed by atoms with E-state index in [4.69, 9.17) is 13.9 Å². The van der Waals surface area contributed by atoms with Crippen LogP contribution in [0, 0.1) is 5.41 Å². The standard InChI is InChI=1S/C24H38O3SSi/c1-8-24(9-2,26-16-19-13-14-28-17-19)18-25-21-12-10-11-20(15-21)22(23(3,4)5)27-29(6)7/h10-15,17,22,29H,8-9,16,18H2,1-7H3. The van der Waals surface area contributed by atoms with Crippen LogP contribution in [-0.2, 0) is 15.8 Å². The molecule has 1 heterocycles. The van der Waals surface area contributed by atoms with Crippen molar-refractivity contribution in [3.05, 3.63) is 52.2 Å². The monoisotopic (exact) mass is 434 g/mol. The Kier molecular flexibility index (Phi) is 8.95. The van der Waals surface area contributed by atoms with Gasteiger partial charge in [-0.1, -0.05) is 46.8 Å². The maximum atomic E-state index is 6.38. The van der Waals surface area contributed by atoms with E-state index in [1.165, 1.54) is 11.1 Å². The number of hydrogen-bond donors (Lipinski definition) is 0. The molecule has 0 radical (unpaired) electrons. The molecule has 0 fully saturated rings. The maximum absolute atomic E-state index is 6.38. The molecule has 3 nitrogen and oxygen atoms in total. The first-order chi connectivity index (χ1) is 13.7. The molecule has 0 spiro atoms. The van der Waals surface area contributed by atoms with Crippen LogP contribution >= 0.6 is 11.3 Å². The van der Waals surface area contributed by atoms with Gasteiger partial charge in [0.15, 0.2) is 9.04 Å². The molecule has 1 atom stereocenters. The molecular weight excluding hydrogens is 396 g/mol. The van der Waals surface area contributed by atoms with Gasteiger partial charge in [-0.3, -0.25) is 0 Å². The van der Waals surface area contributed by atoms with Crippen molar-refractivity contribution in [1.82, 2.24) is 0 Å². The lowest BCUT2D eigenvalue weighted by Gasteiger charge is -2.34. The van der Waals surface area contributed by atoms with E-state index in [1.807, 2.05) is 6.07 Å². The number of ether oxygens (including phenoxy) is 2. The summed E-state index contributed by atoms with van der Waals surface area (Å²) in [5, 5.41) is 4.24. The largest absolute Gasteiger partial charge is 0.491 e. The Bertz CT molecular complexity index is 718. The minimum absolute atomic E-state index is 0.0378. The minimum Gasteiger partial charge on any atom is -0.491 e. The van der Waals surface area contributed by atoms with Gasteiger partial charge in [-0.2, -0.15) is 11.3 Å². The van der Waals surface area contributed by atoms with Gasteiger partial charge < -0.3 is 13.9 Å². The molecule has 0 aliphatic carbocycles. The van der Waals surface area contributed by atoms with Crippen molar-refractivity contribution in [2.45, 2.75) is 78.9 Å². The Morgan fingerprint density at radius 3 is 2.34 bits per heavy atom. The number of hydrogen-bond acceptors (Lipinski definition) is 4. The summed E-state index contributed by atoms with van der Waals surface area (Å²) in [7, 11) is -1.16. The summed E-state index contributed by atoms with van der Waals surface area (Å²) in [6.45, 7) is 16.7. The highest BCUT2D eigenvalue weighted by Crippen LogP contribution is 2.38. The highest BCUT2D eigenvalue weighted by Gasteiger charge is 2.30. The molecule has 0 saturated heterocycles. The zero-order chi connectivity index (χ0) is 21.5. The van der Waals surface area contributed by atoms with Crippen LogP contribution in [0.4, 0.5) is 0 Å². The fourth-order valence-corrected chi connectivity index (χ4v) is 5.11. The van der Waals surface area contributed by atoms with Crippen LogP contribution in [0.25, 0.3) is 0 Å². The first-order valence-corrected chi connectivity index (χ1v) is 14.4. The molecule has 1 aromatic heterocycles. The fourth-order valence-electron chi connectivity index (χ4n) is 3.35. The van der Waals surface area contributed by atoms with Gasteiger partial charge in [0.1, 0.15) is 18.0 Å². The molecule has 2 aromatic rings. The summed E-state index contributed by atoms with van der Waals surface area (Å²) in [5.41, 5.74) is 2.18. The highest BCUT2D eigenvalue weighted by atomic mass is 32.1. The molecule has 29 heavy (non-hydrogen) atoms. The van der Waals surface area contributed by atoms with Crippen LogP contribution in [-0.4, -0.2) is 21.2 Å². The first-order valence-electron chi connectivity index (χ1n) is 10.7.